The maximum atomic E-state index is 13.5. The van der Waals surface area contributed by atoms with Crippen LogP contribution in [0.3, 0.4) is 0 Å². The Morgan fingerprint density at radius 2 is 1.79 bits per heavy atom. The fraction of sp³-hybridized carbons (Fsp3) is 0.444. The second kappa shape index (κ2) is 7.05. The summed E-state index contributed by atoms with van der Waals surface area (Å²) < 4.78 is 55.0. The van der Waals surface area contributed by atoms with E-state index in [1.165, 1.54) is 40.0 Å². The van der Waals surface area contributed by atoms with Gasteiger partial charge in [-0.25, -0.2) is 24.3 Å². The molecule has 3 rings (SSSR count). The molecular weight excluding hydrogens is 407 g/mol. The first-order valence-electron chi connectivity index (χ1n) is 8.74. The Morgan fingerprint density at radius 3 is 2.34 bits per heavy atom. The van der Waals surface area contributed by atoms with Crippen LogP contribution in [0.2, 0.25) is 0 Å². The number of pyridine rings is 1. The molecule has 11 heteroatoms. The maximum Gasteiger partial charge on any atom is 0.399 e. The zero-order valence-electron chi connectivity index (χ0n) is 16.5. The van der Waals surface area contributed by atoms with Crippen LogP contribution in [0.4, 0.5) is 13.2 Å². The van der Waals surface area contributed by atoms with Crippen molar-refractivity contribution in [3.8, 4) is 5.82 Å². The molecule has 3 aromatic heterocycles. The highest BCUT2D eigenvalue weighted by Gasteiger charge is 2.49. The Bertz CT molecular complexity index is 1160. The SMILES string of the molecule is CC(C)n1c(=O)c2cnc(S(C)=O)nc2n1-c1cccc(C(C)(C)C(F)(F)F)n1. The van der Waals surface area contributed by atoms with E-state index in [-0.39, 0.29) is 33.7 Å². The van der Waals surface area contributed by atoms with Gasteiger partial charge in [-0.15, -0.1) is 0 Å². The molecule has 0 aliphatic carbocycles. The lowest BCUT2D eigenvalue weighted by molar-refractivity contribution is -0.181. The van der Waals surface area contributed by atoms with Gasteiger partial charge in [0, 0.05) is 18.5 Å². The van der Waals surface area contributed by atoms with Crippen molar-refractivity contribution in [1.82, 2.24) is 24.3 Å². The molecule has 0 fully saturated rings. The topological polar surface area (TPSA) is 82.7 Å². The Morgan fingerprint density at radius 1 is 1.14 bits per heavy atom. The quantitative estimate of drug-likeness (QED) is 0.598. The molecule has 1 unspecified atom stereocenters. The number of hydrogen-bond acceptors (Lipinski definition) is 5. The third-order valence-corrected chi connectivity index (χ3v) is 5.36. The predicted octanol–water partition coefficient (Wildman–Crippen LogP) is 3.14. The van der Waals surface area contributed by atoms with Crippen LogP contribution in [-0.4, -0.2) is 41.0 Å². The van der Waals surface area contributed by atoms with Crippen LogP contribution in [0.1, 0.15) is 39.4 Å². The van der Waals surface area contributed by atoms with E-state index in [1.54, 1.807) is 13.8 Å². The normalized spacial score (nSPS) is 14.0. The van der Waals surface area contributed by atoms with E-state index >= 15 is 0 Å². The summed E-state index contributed by atoms with van der Waals surface area (Å²) in [6, 6.07) is 3.90. The minimum atomic E-state index is -4.51. The van der Waals surface area contributed by atoms with Crippen molar-refractivity contribution in [3.63, 3.8) is 0 Å². The van der Waals surface area contributed by atoms with Gasteiger partial charge in [0.15, 0.2) is 11.5 Å². The second-order valence-electron chi connectivity index (χ2n) is 7.40. The van der Waals surface area contributed by atoms with Gasteiger partial charge in [0.05, 0.1) is 16.5 Å². The molecule has 0 saturated carbocycles. The molecule has 0 aromatic carbocycles. The molecule has 0 saturated heterocycles. The van der Waals surface area contributed by atoms with Crippen LogP contribution in [0.15, 0.2) is 34.3 Å². The smallest absolute Gasteiger partial charge is 0.267 e. The van der Waals surface area contributed by atoms with Crippen molar-refractivity contribution in [2.24, 2.45) is 0 Å². The van der Waals surface area contributed by atoms with Crippen molar-refractivity contribution < 1.29 is 17.4 Å². The molecule has 156 valence electrons. The zero-order chi connectivity index (χ0) is 21.7. The Balaban J connectivity index is 2.36. The van der Waals surface area contributed by atoms with Crippen molar-refractivity contribution in [2.45, 2.75) is 50.5 Å². The van der Waals surface area contributed by atoms with Crippen LogP contribution >= 0.6 is 0 Å². The van der Waals surface area contributed by atoms with Gasteiger partial charge in [-0.05, 0) is 39.8 Å². The zero-order valence-corrected chi connectivity index (χ0v) is 17.3. The van der Waals surface area contributed by atoms with E-state index in [2.05, 4.69) is 15.0 Å². The average molecular weight is 427 g/mol. The number of halogens is 3. The van der Waals surface area contributed by atoms with Gasteiger partial charge in [0.1, 0.15) is 10.8 Å². The number of nitrogens with zero attached hydrogens (tertiary/aromatic N) is 5. The van der Waals surface area contributed by atoms with Gasteiger partial charge in [0.25, 0.3) is 5.56 Å². The molecule has 1 atom stereocenters. The third kappa shape index (κ3) is 3.47. The van der Waals surface area contributed by atoms with Crippen molar-refractivity contribution in [3.05, 3.63) is 40.4 Å². The number of hydrogen-bond donors (Lipinski definition) is 0. The minimum Gasteiger partial charge on any atom is -0.267 e. The molecule has 7 nitrogen and oxygen atoms in total. The first kappa shape index (κ1) is 21.2. The van der Waals surface area contributed by atoms with Crippen LogP contribution in [-0.2, 0) is 16.2 Å². The number of aromatic nitrogens is 5. The van der Waals surface area contributed by atoms with E-state index in [9.17, 15) is 22.2 Å². The van der Waals surface area contributed by atoms with Crippen molar-refractivity contribution >= 4 is 21.8 Å². The van der Waals surface area contributed by atoms with E-state index in [0.717, 1.165) is 13.8 Å². The average Bonchev–Trinajstić information content (AvgIpc) is 2.93. The Kier molecular flexibility index (Phi) is 5.14. The Labute approximate surface area is 167 Å². The third-order valence-electron chi connectivity index (χ3n) is 4.65. The summed E-state index contributed by atoms with van der Waals surface area (Å²) in [5.41, 5.74) is -2.66. The van der Waals surface area contributed by atoms with Crippen LogP contribution in [0.5, 0.6) is 0 Å². The molecule has 3 heterocycles. The lowest BCUT2D eigenvalue weighted by Gasteiger charge is -2.27. The summed E-state index contributed by atoms with van der Waals surface area (Å²) in [5, 5.41) is 0.175. The summed E-state index contributed by atoms with van der Waals surface area (Å²) >= 11 is 0. The van der Waals surface area contributed by atoms with Crippen LogP contribution < -0.4 is 5.56 Å². The summed E-state index contributed by atoms with van der Waals surface area (Å²) in [5.74, 6) is 0.104. The number of fused-ring (bicyclic) bond motifs is 1. The van der Waals surface area contributed by atoms with Crippen LogP contribution in [0.25, 0.3) is 16.9 Å². The number of rotatable bonds is 4. The van der Waals surface area contributed by atoms with Crippen LogP contribution in [0, 0.1) is 0 Å². The van der Waals surface area contributed by atoms with E-state index in [0.29, 0.717) is 0 Å². The summed E-state index contributed by atoms with van der Waals surface area (Å²) in [7, 11) is -1.50. The molecular formula is C18H20F3N5O2S. The maximum absolute atomic E-state index is 13.5. The highest BCUT2D eigenvalue weighted by atomic mass is 32.2. The van der Waals surface area contributed by atoms with Crippen molar-refractivity contribution in [2.75, 3.05) is 6.26 Å². The fourth-order valence-electron chi connectivity index (χ4n) is 2.84. The van der Waals surface area contributed by atoms with Gasteiger partial charge in [-0.2, -0.15) is 13.2 Å². The van der Waals surface area contributed by atoms with Gasteiger partial charge < -0.3 is 0 Å². The van der Waals surface area contributed by atoms with E-state index in [4.69, 9.17) is 0 Å². The van der Waals surface area contributed by atoms with Gasteiger partial charge in [-0.3, -0.25) is 9.00 Å². The first-order valence-corrected chi connectivity index (χ1v) is 10.3. The van der Waals surface area contributed by atoms with Gasteiger partial charge in [-0.1, -0.05) is 6.07 Å². The lowest BCUT2D eigenvalue weighted by atomic mass is 9.88. The van der Waals surface area contributed by atoms with Gasteiger partial charge in [0.2, 0.25) is 5.16 Å². The van der Waals surface area contributed by atoms with E-state index < -0.39 is 28.0 Å². The standard InChI is InChI=1S/C18H20F3N5O2S/c1-10(2)25-15(27)11-9-22-16(29(5)28)24-14(11)26(25)13-8-6-7-12(23-13)17(3,4)18(19,20)21/h6-10H,1-5H3. The molecule has 29 heavy (non-hydrogen) atoms. The highest BCUT2D eigenvalue weighted by molar-refractivity contribution is 7.84. The lowest BCUT2D eigenvalue weighted by Crippen LogP contribution is -2.37. The molecule has 0 bridgehead atoms. The largest absolute Gasteiger partial charge is 0.399 e. The Hall–Kier alpha value is -2.56. The highest BCUT2D eigenvalue weighted by Crippen LogP contribution is 2.39. The van der Waals surface area contributed by atoms with Crippen molar-refractivity contribution in [1.29, 1.82) is 0 Å². The summed E-state index contributed by atoms with van der Waals surface area (Å²) in [6.07, 6.45) is -1.84. The summed E-state index contributed by atoms with van der Waals surface area (Å²) in [6.45, 7) is 5.60. The molecule has 3 aromatic rings. The molecule has 0 radical (unpaired) electrons. The molecule has 0 aliphatic heterocycles. The fourth-order valence-corrected chi connectivity index (χ4v) is 3.26. The molecule has 0 N–H and O–H groups in total. The summed E-state index contributed by atoms with van der Waals surface area (Å²) in [4.78, 5) is 25.3. The predicted molar refractivity (Wildman–Crippen MR) is 103 cm³/mol. The first-order chi connectivity index (χ1) is 13.4. The van der Waals surface area contributed by atoms with Gasteiger partial charge >= 0.3 is 6.18 Å². The monoisotopic (exact) mass is 427 g/mol. The molecule has 0 amide bonds. The minimum absolute atomic E-state index is 0.0129. The second-order valence-corrected chi connectivity index (χ2v) is 8.68. The number of alkyl halides is 3. The molecule has 0 aliphatic rings. The molecule has 0 spiro atoms. The van der Waals surface area contributed by atoms with E-state index in [1.807, 2.05) is 0 Å².